The third-order valence-electron chi connectivity index (χ3n) is 8.28. The molecule has 2 aliphatic heterocycles. The second-order valence-corrected chi connectivity index (χ2v) is 11.3. The minimum absolute atomic E-state index is 0.216. The van der Waals surface area contributed by atoms with E-state index in [1.807, 2.05) is 0 Å². The van der Waals surface area contributed by atoms with E-state index in [1.165, 1.54) is 0 Å². The first kappa shape index (κ1) is 34.8. The molecule has 49 heavy (non-hydrogen) atoms. The van der Waals surface area contributed by atoms with Gasteiger partial charge in [-0.3, -0.25) is 9.59 Å². The van der Waals surface area contributed by atoms with Gasteiger partial charge in [0.2, 0.25) is 0 Å². The van der Waals surface area contributed by atoms with Crippen molar-refractivity contribution in [1.29, 1.82) is 0 Å². The Bertz CT molecular complexity index is 1440. The highest BCUT2D eigenvalue weighted by Gasteiger charge is 2.55. The van der Waals surface area contributed by atoms with Crippen LogP contribution in [0.25, 0.3) is 0 Å². The van der Waals surface area contributed by atoms with Crippen molar-refractivity contribution in [3.8, 4) is 23.0 Å². The van der Waals surface area contributed by atoms with E-state index in [4.69, 9.17) is 47.4 Å². The molecule has 0 saturated heterocycles. The molecule has 0 spiro atoms. The number of carbonyl (C=O) groups excluding carboxylic acids is 2. The van der Waals surface area contributed by atoms with Crippen LogP contribution in [0.3, 0.4) is 0 Å². The van der Waals surface area contributed by atoms with Crippen LogP contribution in [0.5, 0.6) is 23.0 Å². The average Bonchev–Trinajstić information content (AvgIpc) is 3.34. The number of rotatable bonds is 2. The standard InChI is InChI=1S/C37H42O12/c38-35-29-3-1-2-4-30(29)36(39)37(35,27-5-7-31-33(25-27)48-23-19-44-15-11-40-9-13-42-17-21-46-31)28-6-8-32-34(26-28)49-24-20-45-16-12-41-10-14-43-18-22-47-32/h1-8,25-26H,9-24H2. The van der Waals surface area contributed by atoms with Gasteiger partial charge in [0.1, 0.15) is 31.8 Å². The van der Waals surface area contributed by atoms with Gasteiger partial charge in [-0.15, -0.1) is 0 Å². The summed E-state index contributed by atoms with van der Waals surface area (Å²) in [6, 6.07) is 17.2. The lowest BCUT2D eigenvalue weighted by molar-refractivity contribution is 0.00708. The van der Waals surface area contributed by atoms with E-state index in [-0.39, 0.29) is 38.0 Å². The van der Waals surface area contributed by atoms with Crippen LogP contribution in [0, 0.1) is 0 Å². The highest BCUT2D eigenvalue weighted by Crippen LogP contribution is 2.48. The molecule has 3 aromatic carbocycles. The van der Waals surface area contributed by atoms with E-state index in [2.05, 4.69) is 0 Å². The van der Waals surface area contributed by atoms with Crippen molar-refractivity contribution in [1.82, 2.24) is 0 Å². The number of hydrogen-bond donors (Lipinski definition) is 0. The molecule has 0 N–H and O–H groups in total. The van der Waals surface area contributed by atoms with Gasteiger partial charge in [0.05, 0.1) is 79.3 Å². The molecule has 12 nitrogen and oxygen atoms in total. The molecule has 0 radical (unpaired) electrons. The van der Waals surface area contributed by atoms with Crippen LogP contribution in [-0.4, -0.2) is 117 Å². The van der Waals surface area contributed by atoms with Crippen LogP contribution >= 0.6 is 0 Å². The first-order valence-corrected chi connectivity index (χ1v) is 16.6. The van der Waals surface area contributed by atoms with Crippen LogP contribution < -0.4 is 18.9 Å². The van der Waals surface area contributed by atoms with Crippen molar-refractivity contribution in [3.63, 3.8) is 0 Å². The van der Waals surface area contributed by atoms with Gasteiger partial charge in [-0.2, -0.15) is 0 Å². The molecule has 0 fully saturated rings. The second-order valence-electron chi connectivity index (χ2n) is 11.3. The first-order chi connectivity index (χ1) is 24.2. The van der Waals surface area contributed by atoms with Crippen molar-refractivity contribution in [3.05, 3.63) is 82.9 Å². The van der Waals surface area contributed by atoms with Gasteiger partial charge in [-0.05, 0) is 35.4 Å². The third kappa shape index (κ3) is 8.23. The van der Waals surface area contributed by atoms with Crippen LogP contribution in [0.15, 0.2) is 60.7 Å². The molecule has 262 valence electrons. The van der Waals surface area contributed by atoms with Gasteiger partial charge >= 0.3 is 0 Å². The van der Waals surface area contributed by atoms with Crippen molar-refractivity contribution in [2.24, 2.45) is 0 Å². The molecule has 0 amide bonds. The zero-order chi connectivity index (χ0) is 33.7. The molecule has 6 rings (SSSR count). The SMILES string of the molecule is O=C1c2ccccc2C(=O)C1(c1ccc2c(c1)OCCOCCOCCOCCO2)c1ccc2c(c1)OCCOCCOCCOCCO2. The average molecular weight is 679 g/mol. The Labute approximate surface area is 285 Å². The maximum absolute atomic E-state index is 14.6. The predicted octanol–water partition coefficient (Wildman–Crippen LogP) is 3.69. The molecular formula is C37H42O12. The summed E-state index contributed by atoms with van der Waals surface area (Å²) >= 11 is 0. The van der Waals surface area contributed by atoms with Gasteiger partial charge < -0.3 is 47.4 Å². The normalized spacial score (nSPS) is 20.2. The van der Waals surface area contributed by atoms with Gasteiger partial charge in [-0.25, -0.2) is 0 Å². The Balaban J connectivity index is 1.39. The van der Waals surface area contributed by atoms with Crippen LogP contribution in [0.2, 0.25) is 0 Å². The van der Waals surface area contributed by atoms with E-state index in [1.54, 1.807) is 60.7 Å². The lowest BCUT2D eigenvalue weighted by Crippen LogP contribution is -2.39. The number of fused-ring (bicyclic) bond motifs is 3. The zero-order valence-corrected chi connectivity index (χ0v) is 27.5. The summed E-state index contributed by atoms with van der Waals surface area (Å²) in [6.45, 7) is 5.78. The molecule has 3 aromatic rings. The van der Waals surface area contributed by atoms with Gasteiger partial charge in [-0.1, -0.05) is 36.4 Å². The molecule has 0 aromatic heterocycles. The van der Waals surface area contributed by atoms with E-state index in [0.29, 0.717) is 125 Å². The Morgan fingerprint density at radius 3 is 1.02 bits per heavy atom. The lowest BCUT2D eigenvalue weighted by Gasteiger charge is -2.29. The van der Waals surface area contributed by atoms with E-state index >= 15 is 0 Å². The smallest absolute Gasteiger partial charge is 0.186 e. The maximum Gasteiger partial charge on any atom is 0.186 e. The van der Waals surface area contributed by atoms with Crippen LogP contribution in [0.1, 0.15) is 31.8 Å². The number of carbonyl (C=O) groups is 2. The van der Waals surface area contributed by atoms with Gasteiger partial charge in [0.15, 0.2) is 34.6 Å². The number of hydrogen-bond acceptors (Lipinski definition) is 12. The molecular weight excluding hydrogens is 636 g/mol. The zero-order valence-electron chi connectivity index (χ0n) is 27.5. The minimum Gasteiger partial charge on any atom is -0.487 e. The van der Waals surface area contributed by atoms with Crippen LogP contribution in [-0.2, 0) is 33.8 Å². The van der Waals surface area contributed by atoms with Gasteiger partial charge in [0, 0.05) is 11.1 Å². The molecule has 0 bridgehead atoms. The Morgan fingerprint density at radius 1 is 0.367 bits per heavy atom. The molecule has 0 saturated carbocycles. The Morgan fingerprint density at radius 2 is 0.673 bits per heavy atom. The van der Waals surface area contributed by atoms with Gasteiger partial charge in [0.25, 0.3) is 0 Å². The molecule has 12 heteroatoms. The molecule has 2 heterocycles. The fraction of sp³-hybridized carbons (Fsp3) is 0.459. The number of ether oxygens (including phenoxy) is 10. The van der Waals surface area contributed by atoms with Crippen molar-refractivity contribution < 1.29 is 57.0 Å². The quantitative estimate of drug-likeness (QED) is 0.367. The van der Waals surface area contributed by atoms with E-state index < -0.39 is 5.41 Å². The summed E-state index contributed by atoms with van der Waals surface area (Å²) in [5, 5.41) is 0. The number of ketones is 2. The predicted molar refractivity (Wildman–Crippen MR) is 176 cm³/mol. The largest absolute Gasteiger partial charge is 0.487 e. The Kier molecular flexibility index (Phi) is 12.5. The highest BCUT2D eigenvalue weighted by atomic mass is 16.6. The fourth-order valence-corrected chi connectivity index (χ4v) is 5.95. The first-order valence-electron chi connectivity index (χ1n) is 16.6. The summed E-state index contributed by atoms with van der Waals surface area (Å²) in [5.41, 5.74) is -0.189. The Hall–Kier alpha value is -4.04. The van der Waals surface area contributed by atoms with Crippen molar-refractivity contribution >= 4 is 11.6 Å². The summed E-state index contributed by atoms with van der Waals surface area (Å²) in [6.07, 6.45) is 0. The van der Waals surface area contributed by atoms with Crippen molar-refractivity contribution in [2.45, 2.75) is 5.41 Å². The summed E-state index contributed by atoms with van der Waals surface area (Å²) < 4.78 is 57.9. The molecule has 0 atom stereocenters. The molecule has 1 aliphatic carbocycles. The second kappa shape index (κ2) is 17.6. The third-order valence-corrected chi connectivity index (χ3v) is 8.28. The summed E-state index contributed by atoms with van der Waals surface area (Å²) in [5.74, 6) is 0.952. The highest BCUT2D eigenvalue weighted by molar-refractivity contribution is 6.35. The maximum atomic E-state index is 14.6. The number of benzene rings is 3. The summed E-state index contributed by atoms with van der Waals surface area (Å²) in [7, 11) is 0. The lowest BCUT2D eigenvalue weighted by atomic mass is 9.70. The molecule has 0 unspecified atom stereocenters. The summed E-state index contributed by atoms with van der Waals surface area (Å²) in [4.78, 5) is 29.3. The molecule has 3 aliphatic rings. The fourth-order valence-electron chi connectivity index (χ4n) is 5.95. The van der Waals surface area contributed by atoms with Crippen LogP contribution in [0.4, 0.5) is 0 Å². The minimum atomic E-state index is -1.73. The van der Waals surface area contributed by atoms with E-state index in [9.17, 15) is 9.59 Å². The van der Waals surface area contributed by atoms with Crippen molar-refractivity contribution in [2.75, 3.05) is 106 Å². The monoisotopic (exact) mass is 678 g/mol. The van der Waals surface area contributed by atoms with E-state index in [0.717, 1.165) is 0 Å². The number of Topliss-reactive ketones (excluding diaryl/α,β-unsaturated/α-hetero) is 2. The topological polar surface area (TPSA) is 126 Å².